The van der Waals surface area contributed by atoms with Gasteiger partial charge in [0.2, 0.25) is 0 Å². The Balaban J connectivity index is 1.88. The van der Waals surface area contributed by atoms with Crippen LogP contribution in [0.1, 0.15) is 78.1 Å². The first-order chi connectivity index (χ1) is 9.75. The van der Waals surface area contributed by atoms with Crippen LogP contribution in [0.3, 0.4) is 0 Å². The van der Waals surface area contributed by atoms with E-state index in [4.69, 9.17) is 0 Å². The third-order valence-electron chi connectivity index (χ3n) is 4.12. The molecular formula is C17H34N2O. The molecule has 0 saturated carbocycles. The van der Waals surface area contributed by atoms with Gasteiger partial charge in [-0.15, -0.1) is 0 Å². The Bertz CT molecular complexity index is 253. The van der Waals surface area contributed by atoms with Crippen LogP contribution >= 0.6 is 0 Å². The fourth-order valence-corrected chi connectivity index (χ4v) is 2.84. The summed E-state index contributed by atoms with van der Waals surface area (Å²) in [5.41, 5.74) is 0. The molecule has 1 aliphatic rings. The lowest BCUT2D eigenvalue weighted by Gasteiger charge is -2.27. The summed E-state index contributed by atoms with van der Waals surface area (Å²) < 4.78 is 0. The molecule has 0 radical (unpaired) electrons. The maximum Gasteiger partial charge on any atom is 0.125 e. The molecule has 0 amide bonds. The highest BCUT2D eigenvalue weighted by Crippen LogP contribution is 2.13. The normalized spacial score (nSPS) is 19.4. The van der Waals surface area contributed by atoms with Crippen molar-refractivity contribution in [2.45, 2.75) is 90.3 Å². The van der Waals surface area contributed by atoms with Gasteiger partial charge in [-0.2, -0.15) is 0 Å². The molecule has 0 saturated heterocycles. The number of unbranched alkanes of at least 4 members (excludes halogenated alkanes) is 9. The summed E-state index contributed by atoms with van der Waals surface area (Å²) in [6, 6.07) is 0. The Labute approximate surface area is 125 Å². The van der Waals surface area contributed by atoms with Gasteiger partial charge in [0.25, 0.3) is 0 Å². The summed E-state index contributed by atoms with van der Waals surface area (Å²) in [4.78, 5) is 2.22. The summed E-state index contributed by atoms with van der Waals surface area (Å²) in [7, 11) is 0. The first kappa shape index (κ1) is 17.4. The fourth-order valence-electron chi connectivity index (χ4n) is 2.84. The summed E-state index contributed by atoms with van der Waals surface area (Å²) in [5.74, 6) is 0. The minimum atomic E-state index is -0.326. The van der Waals surface area contributed by atoms with Crippen LogP contribution in [-0.2, 0) is 0 Å². The molecule has 3 heteroatoms. The zero-order valence-electron chi connectivity index (χ0n) is 13.5. The lowest BCUT2D eigenvalue weighted by molar-refractivity contribution is 0.0855. The van der Waals surface area contributed by atoms with E-state index in [-0.39, 0.29) is 12.3 Å². The standard InChI is InChI=1S/C17H34N2O/c1-3-4-5-6-7-8-9-10-11-12-14-19-15-13-18-17(19)16(2)20/h13,15-18,20H,3-12,14H2,1-2H3. The molecule has 1 aliphatic heterocycles. The van der Waals surface area contributed by atoms with Crippen molar-refractivity contribution in [2.24, 2.45) is 0 Å². The number of nitrogens with zero attached hydrogens (tertiary/aromatic N) is 1. The molecule has 0 spiro atoms. The number of rotatable bonds is 12. The van der Waals surface area contributed by atoms with E-state index in [9.17, 15) is 5.11 Å². The highest BCUT2D eigenvalue weighted by atomic mass is 16.3. The van der Waals surface area contributed by atoms with E-state index in [2.05, 4.69) is 23.3 Å². The zero-order chi connectivity index (χ0) is 14.6. The summed E-state index contributed by atoms with van der Waals surface area (Å²) in [6.45, 7) is 5.17. The van der Waals surface area contributed by atoms with Crippen molar-refractivity contribution in [1.29, 1.82) is 0 Å². The van der Waals surface area contributed by atoms with Crippen molar-refractivity contribution in [3.05, 3.63) is 12.4 Å². The smallest absolute Gasteiger partial charge is 0.125 e. The topological polar surface area (TPSA) is 35.5 Å². The molecule has 0 aliphatic carbocycles. The number of nitrogens with one attached hydrogen (secondary N) is 1. The Kier molecular flexibility index (Phi) is 9.56. The van der Waals surface area contributed by atoms with E-state index in [1.54, 1.807) is 0 Å². The molecule has 2 unspecified atom stereocenters. The molecule has 0 aromatic heterocycles. The predicted molar refractivity (Wildman–Crippen MR) is 86.3 cm³/mol. The first-order valence-electron chi connectivity index (χ1n) is 8.62. The van der Waals surface area contributed by atoms with Crippen molar-refractivity contribution >= 4 is 0 Å². The summed E-state index contributed by atoms with van der Waals surface area (Å²) in [5, 5.41) is 12.8. The lowest BCUT2D eigenvalue weighted by Crippen LogP contribution is -2.44. The molecule has 0 aromatic carbocycles. The minimum absolute atomic E-state index is 0.0774. The molecule has 2 N–H and O–H groups in total. The second-order valence-corrected chi connectivity index (χ2v) is 6.09. The monoisotopic (exact) mass is 282 g/mol. The first-order valence-corrected chi connectivity index (χ1v) is 8.62. The molecule has 1 rings (SSSR count). The molecule has 2 atom stereocenters. The third-order valence-corrected chi connectivity index (χ3v) is 4.12. The highest BCUT2D eigenvalue weighted by Gasteiger charge is 2.22. The molecule has 0 aromatic rings. The van der Waals surface area contributed by atoms with Gasteiger partial charge in [-0.05, 0) is 13.3 Å². The van der Waals surface area contributed by atoms with Gasteiger partial charge in [0.1, 0.15) is 6.17 Å². The van der Waals surface area contributed by atoms with Crippen LogP contribution in [-0.4, -0.2) is 28.8 Å². The zero-order valence-corrected chi connectivity index (χ0v) is 13.5. The van der Waals surface area contributed by atoms with Gasteiger partial charge in [-0.1, -0.05) is 64.7 Å². The van der Waals surface area contributed by atoms with E-state index in [0.717, 1.165) is 6.54 Å². The molecule has 0 bridgehead atoms. The number of aliphatic hydroxyl groups excluding tert-OH is 1. The van der Waals surface area contributed by atoms with Crippen molar-refractivity contribution in [1.82, 2.24) is 10.2 Å². The second-order valence-electron chi connectivity index (χ2n) is 6.09. The fraction of sp³-hybridized carbons (Fsp3) is 0.882. The number of hydrogen-bond donors (Lipinski definition) is 2. The maximum atomic E-state index is 9.64. The Hall–Kier alpha value is -0.700. The van der Waals surface area contributed by atoms with Crippen molar-refractivity contribution in [2.75, 3.05) is 6.54 Å². The molecule has 0 fully saturated rings. The van der Waals surface area contributed by atoms with Gasteiger partial charge < -0.3 is 15.3 Å². The lowest BCUT2D eigenvalue weighted by atomic mass is 10.1. The number of aliphatic hydroxyl groups is 1. The Morgan fingerprint density at radius 2 is 1.55 bits per heavy atom. The molecule has 3 nitrogen and oxygen atoms in total. The van der Waals surface area contributed by atoms with E-state index >= 15 is 0 Å². The van der Waals surface area contributed by atoms with Crippen LogP contribution in [0.5, 0.6) is 0 Å². The molecular weight excluding hydrogens is 248 g/mol. The average molecular weight is 282 g/mol. The van der Waals surface area contributed by atoms with Crippen LogP contribution in [0, 0.1) is 0 Å². The van der Waals surface area contributed by atoms with Gasteiger partial charge in [0.05, 0.1) is 6.10 Å². The predicted octanol–water partition coefficient (Wildman–Crippen LogP) is 3.99. The second kappa shape index (κ2) is 11.0. The highest BCUT2D eigenvalue weighted by molar-refractivity contribution is 4.95. The number of hydrogen-bond acceptors (Lipinski definition) is 3. The largest absolute Gasteiger partial charge is 0.389 e. The van der Waals surface area contributed by atoms with Crippen LogP contribution in [0.2, 0.25) is 0 Å². The van der Waals surface area contributed by atoms with Gasteiger partial charge in [-0.3, -0.25) is 0 Å². The summed E-state index contributed by atoms with van der Waals surface area (Å²) in [6.07, 6.45) is 17.5. The van der Waals surface area contributed by atoms with Gasteiger partial charge in [0, 0.05) is 18.9 Å². The van der Waals surface area contributed by atoms with E-state index in [1.807, 2.05) is 13.1 Å². The molecule has 20 heavy (non-hydrogen) atoms. The van der Waals surface area contributed by atoms with E-state index in [1.165, 1.54) is 64.2 Å². The van der Waals surface area contributed by atoms with Gasteiger partial charge in [0.15, 0.2) is 0 Å². The molecule has 118 valence electrons. The summed E-state index contributed by atoms with van der Waals surface area (Å²) >= 11 is 0. The van der Waals surface area contributed by atoms with Crippen LogP contribution in [0.15, 0.2) is 12.4 Å². The third kappa shape index (κ3) is 7.18. The van der Waals surface area contributed by atoms with Gasteiger partial charge >= 0.3 is 0 Å². The van der Waals surface area contributed by atoms with Gasteiger partial charge in [-0.25, -0.2) is 0 Å². The molecule has 1 heterocycles. The quantitative estimate of drug-likeness (QED) is 0.531. The Morgan fingerprint density at radius 3 is 2.10 bits per heavy atom. The van der Waals surface area contributed by atoms with Crippen LogP contribution in [0.25, 0.3) is 0 Å². The Morgan fingerprint density at radius 1 is 1.00 bits per heavy atom. The van der Waals surface area contributed by atoms with Crippen molar-refractivity contribution in [3.8, 4) is 0 Å². The SMILES string of the molecule is CCCCCCCCCCCCN1C=CNC1C(C)O. The van der Waals surface area contributed by atoms with Crippen LogP contribution in [0.4, 0.5) is 0 Å². The minimum Gasteiger partial charge on any atom is -0.389 e. The van der Waals surface area contributed by atoms with Crippen molar-refractivity contribution in [3.63, 3.8) is 0 Å². The van der Waals surface area contributed by atoms with Crippen LogP contribution < -0.4 is 5.32 Å². The average Bonchev–Trinajstić information content (AvgIpc) is 2.89. The maximum absolute atomic E-state index is 9.64. The van der Waals surface area contributed by atoms with Crippen molar-refractivity contribution < 1.29 is 5.11 Å². The van der Waals surface area contributed by atoms with E-state index < -0.39 is 0 Å². The van der Waals surface area contributed by atoms with E-state index in [0.29, 0.717) is 0 Å².